The summed E-state index contributed by atoms with van der Waals surface area (Å²) in [7, 11) is 0. The molecule has 0 aliphatic carbocycles. The van der Waals surface area contributed by atoms with Crippen LogP contribution in [0.2, 0.25) is 0 Å². The van der Waals surface area contributed by atoms with Gasteiger partial charge in [-0.2, -0.15) is 0 Å². The second-order valence-corrected chi connectivity index (χ2v) is 5.05. The van der Waals surface area contributed by atoms with E-state index in [0.29, 0.717) is 18.5 Å². The Morgan fingerprint density at radius 3 is 2.62 bits per heavy atom. The Labute approximate surface area is 123 Å². The fourth-order valence-corrected chi connectivity index (χ4v) is 1.65. The van der Waals surface area contributed by atoms with Gasteiger partial charge in [-0.3, -0.25) is 14.9 Å². The molecular formula is C14H21N3O4. The number of anilines is 1. The Morgan fingerprint density at radius 2 is 2.10 bits per heavy atom. The standard InChI is InChI=1S/C14H21N3O4/c1-4-14(3,19)9-16-11-8-10(13(18)15-5-2)6-7-12(11)17(20)21/h6-8,16,19H,4-5,9H2,1-3H3,(H,15,18). The molecule has 1 atom stereocenters. The lowest BCUT2D eigenvalue weighted by atomic mass is 10.0. The first-order valence-electron chi connectivity index (χ1n) is 6.83. The zero-order valence-corrected chi connectivity index (χ0v) is 12.5. The summed E-state index contributed by atoms with van der Waals surface area (Å²) in [4.78, 5) is 22.3. The van der Waals surface area contributed by atoms with Crippen molar-refractivity contribution in [3.63, 3.8) is 0 Å². The summed E-state index contributed by atoms with van der Waals surface area (Å²) in [6, 6.07) is 4.12. The highest BCUT2D eigenvalue weighted by atomic mass is 16.6. The highest BCUT2D eigenvalue weighted by molar-refractivity contribution is 5.95. The van der Waals surface area contributed by atoms with Crippen LogP contribution in [0.1, 0.15) is 37.6 Å². The first-order chi connectivity index (χ1) is 9.80. The molecular weight excluding hydrogens is 274 g/mol. The van der Waals surface area contributed by atoms with E-state index in [4.69, 9.17) is 0 Å². The number of nitro benzene ring substituents is 1. The van der Waals surface area contributed by atoms with Crippen LogP contribution in [0.5, 0.6) is 0 Å². The third-order valence-electron chi connectivity index (χ3n) is 3.21. The fraction of sp³-hybridized carbons (Fsp3) is 0.500. The van der Waals surface area contributed by atoms with Gasteiger partial charge in [0.15, 0.2) is 0 Å². The maximum absolute atomic E-state index is 11.8. The Balaban J connectivity index is 3.04. The number of carbonyl (C=O) groups excluding carboxylic acids is 1. The van der Waals surface area contributed by atoms with Gasteiger partial charge in [-0.25, -0.2) is 0 Å². The molecule has 1 aromatic rings. The Kier molecular flexibility index (Phi) is 5.66. The largest absolute Gasteiger partial charge is 0.388 e. The normalized spacial score (nSPS) is 13.3. The molecule has 0 saturated heterocycles. The Bertz CT molecular complexity index is 529. The topological polar surface area (TPSA) is 104 Å². The monoisotopic (exact) mass is 295 g/mol. The van der Waals surface area contributed by atoms with E-state index in [1.165, 1.54) is 18.2 Å². The Hall–Kier alpha value is -2.15. The predicted octanol–water partition coefficient (Wildman–Crippen LogP) is 1.92. The van der Waals surface area contributed by atoms with Gasteiger partial charge in [0.25, 0.3) is 11.6 Å². The van der Waals surface area contributed by atoms with Crippen LogP contribution in [0.3, 0.4) is 0 Å². The molecule has 0 aliphatic rings. The third kappa shape index (κ3) is 4.71. The zero-order chi connectivity index (χ0) is 16.0. The molecule has 7 heteroatoms. The van der Waals surface area contributed by atoms with Crippen molar-refractivity contribution in [1.82, 2.24) is 5.32 Å². The van der Waals surface area contributed by atoms with Crippen LogP contribution in [-0.4, -0.2) is 34.6 Å². The summed E-state index contributed by atoms with van der Waals surface area (Å²) < 4.78 is 0. The van der Waals surface area contributed by atoms with Gasteiger partial charge in [0.1, 0.15) is 5.69 Å². The average Bonchev–Trinajstić information content (AvgIpc) is 2.45. The van der Waals surface area contributed by atoms with E-state index in [2.05, 4.69) is 10.6 Å². The van der Waals surface area contributed by atoms with E-state index < -0.39 is 10.5 Å². The molecule has 1 rings (SSSR count). The SMILES string of the molecule is CCNC(=O)c1ccc([N+](=O)[O-])c(NCC(C)(O)CC)c1. The number of nitro groups is 1. The molecule has 0 saturated carbocycles. The quantitative estimate of drug-likeness (QED) is 0.526. The van der Waals surface area contributed by atoms with Crippen LogP contribution in [0.15, 0.2) is 18.2 Å². The molecule has 0 heterocycles. The molecule has 0 aliphatic heterocycles. The molecule has 1 amide bonds. The molecule has 0 aromatic heterocycles. The Morgan fingerprint density at radius 1 is 1.43 bits per heavy atom. The van der Waals surface area contributed by atoms with Crippen molar-refractivity contribution in [2.24, 2.45) is 0 Å². The van der Waals surface area contributed by atoms with E-state index in [9.17, 15) is 20.0 Å². The summed E-state index contributed by atoms with van der Waals surface area (Å²) in [6.07, 6.45) is 0.504. The number of hydrogen-bond donors (Lipinski definition) is 3. The predicted molar refractivity (Wildman–Crippen MR) is 80.5 cm³/mol. The maximum Gasteiger partial charge on any atom is 0.292 e. The van der Waals surface area contributed by atoms with Crippen molar-refractivity contribution >= 4 is 17.3 Å². The number of hydrogen-bond acceptors (Lipinski definition) is 5. The summed E-state index contributed by atoms with van der Waals surface area (Å²) in [5, 5.41) is 26.5. The van der Waals surface area contributed by atoms with Crippen molar-refractivity contribution in [1.29, 1.82) is 0 Å². The van der Waals surface area contributed by atoms with Crippen molar-refractivity contribution in [2.75, 3.05) is 18.4 Å². The summed E-state index contributed by atoms with van der Waals surface area (Å²) >= 11 is 0. The van der Waals surface area contributed by atoms with Gasteiger partial charge in [0.05, 0.1) is 10.5 Å². The van der Waals surface area contributed by atoms with Gasteiger partial charge in [-0.15, -0.1) is 0 Å². The number of carbonyl (C=O) groups is 1. The van der Waals surface area contributed by atoms with E-state index >= 15 is 0 Å². The molecule has 0 bridgehead atoms. The second-order valence-electron chi connectivity index (χ2n) is 5.05. The van der Waals surface area contributed by atoms with E-state index in [0.717, 1.165) is 0 Å². The summed E-state index contributed by atoms with van der Waals surface area (Å²) in [5.41, 5.74) is -0.552. The summed E-state index contributed by atoms with van der Waals surface area (Å²) in [5.74, 6) is -0.294. The minimum absolute atomic E-state index is 0.130. The van der Waals surface area contributed by atoms with Crippen LogP contribution >= 0.6 is 0 Å². The minimum Gasteiger partial charge on any atom is -0.388 e. The molecule has 7 nitrogen and oxygen atoms in total. The molecule has 0 fully saturated rings. The van der Waals surface area contributed by atoms with Crippen LogP contribution in [-0.2, 0) is 0 Å². The van der Waals surface area contributed by atoms with Crippen LogP contribution in [0, 0.1) is 10.1 Å². The first-order valence-corrected chi connectivity index (χ1v) is 6.83. The van der Waals surface area contributed by atoms with E-state index in [1.807, 2.05) is 6.92 Å². The van der Waals surface area contributed by atoms with Gasteiger partial charge in [0.2, 0.25) is 0 Å². The van der Waals surface area contributed by atoms with Gasteiger partial charge in [-0.05, 0) is 32.4 Å². The molecule has 21 heavy (non-hydrogen) atoms. The summed E-state index contributed by atoms with van der Waals surface area (Å²) in [6.45, 7) is 5.88. The minimum atomic E-state index is -0.977. The van der Waals surface area contributed by atoms with Gasteiger partial charge in [0, 0.05) is 24.7 Å². The van der Waals surface area contributed by atoms with Crippen molar-refractivity contribution in [2.45, 2.75) is 32.8 Å². The highest BCUT2D eigenvalue weighted by Crippen LogP contribution is 2.26. The van der Waals surface area contributed by atoms with Gasteiger partial charge in [-0.1, -0.05) is 6.92 Å². The number of benzene rings is 1. The lowest BCUT2D eigenvalue weighted by Gasteiger charge is -2.22. The van der Waals surface area contributed by atoms with Crippen LogP contribution in [0.4, 0.5) is 11.4 Å². The number of aliphatic hydroxyl groups is 1. The smallest absolute Gasteiger partial charge is 0.292 e. The van der Waals surface area contributed by atoms with E-state index in [-0.39, 0.29) is 23.8 Å². The number of rotatable bonds is 7. The fourth-order valence-electron chi connectivity index (χ4n) is 1.65. The molecule has 1 aromatic carbocycles. The van der Waals surface area contributed by atoms with Gasteiger partial charge < -0.3 is 15.7 Å². The lowest BCUT2D eigenvalue weighted by Crippen LogP contribution is -2.32. The second kappa shape index (κ2) is 7.03. The van der Waals surface area contributed by atoms with Crippen molar-refractivity contribution in [3.8, 4) is 0 Å². The first kappa shape index (κ1) is 16.9. The highest BCUT2D eigenvalue weighted by Gasteiger charge is 2.21. The maximum atomic E-state index is 11.8. The molecule has 0 spiro atoms. The lowest BCUT2D eigenvalue weighted by molar-refractivity contribution is -0.384. The van der Waals surface area contributed by atoms with Crippen LogP contribution < -0.4 is 10.6 Å². The molecule has 1 unspecified atom stereocenters. The molecule has 116 valence electrons. The molecule has 0 radical (unpaired) electrons. The van der Waals surface area contributed by atoms with Crippen molar-refractivity contribution in [3.05, 3.63) is 33.9 Å². The van der Waals surface area contributed by atoms with Gasteiger partial charge >= 0.3 is 0 Å². The number of nitrogens with zero attached hydrogens (tertiary/aromatic N) is 1. The zero-order valence-electron chi connectivity index (χ0n) is 12.5. The van der Waals surface area contributed by atoms with Crippen LogP contribution in [0.25, 0.3) is 0 Å². The van der Waals surface area contributed by atoms with Crippen molar-refractivity contribution < 1.29 is 14.8 Å². The number of nitrogens with one attached hydrogen (secondary N) is 2. The number of amides is 1. The third-order valence-corrected chi connectivity index (χ3v) is 3.21. The molecule has 3 N–H and O–H groups in total. The van der Waals surface area contributed by atoms with E-state index in [1.54, 1.807) is 13.8 Å². The average molecular weight is 295 g/mol.